The van der Waals surface area contributed by atoms with Gasteiger partial charge in [-0.25, -0.2) is 0 Å². The molecule has 0 radical (unpaired) electrons. The number of anilines is 1. The third kappa shape index (κ3) is 3.43. The van der Waals surface area contributed by atoms with Crippen molar-refractivity contribution in [2.24, 2.45) is 5.92 Å². The average Bonchev–Trinajstić information content (AvgIpc) is 3.25. The highest BCUT2D eigenvalue weighted by atomic mass is 16.4. The smallest absolute Gasteiger partial charge is 0.308 e. The molecule has 0 aromatic heterocycles. The zero-order chi connectivity index (χ0) is 19.7. The van der Waals surface area contributed by atoms with Crippen LogP contribution in [0.2, 0.25) is 0 Å². The molecule has 2 aromatic rings. The minimum absolute atomic E-state index is 0.0746. The second kappa shape index (κ2) is 7.56. The van der Waals surface area contributed by atoms with Crippen LogP contribution in [0.3, 0.4) is 0 Å². The van der Waals surface area contributed by atoms with Gasteiger partial charge in [-0.2, -0.15) is 0 Å². The molecule has 2 aliphatic heterocycles. The molecule has 0 aliphatic carbocycles. The number of carboxylic acid groups (broad SMARTS) is 1. The Kier molecular flexibility index (Phi) is 4.96. The highest BCUT2D eigenvalue weighted by Gasteiger charge is 2.49. The fourth-order valence-corrected chi connectivity index (χ4v) is 4.50. The Labute approximate surface area is 163 Å². The molecule has 0 saturated carbocycles. The van der Waals surface area contributed by atoms with E-state index in [2.05, 4.69) is 5.32 Å². The number of nitrogens with one attached hydrogen (secondary N) is 1. The van der Waals surface area contributed by atoms with Gasteiger partial charge in [0, 0.05) is 23.2 Å². The number of amides is 1. The van der Waals surface area contributed by atoms with Crippen molar-refractivity contribution in [2.45, 2.75) is 31.3 Å². The summed E-state index contributed by atoms with van der Waals surface area (Å²) in [5, 5.41) is 12.2. The van der Waals surface area contributed by atoms with Gasteiger partial charge in [-0.1, -0.05) is 42.5 Å². The lowest BCUT2D eigenvalue weighted by atomic mass is 9.89. The number of benzene rings is 2. The van der Waals surface area contributed by atoms with Gasteiger partial charge in [-0.05, 0) is 31.4 Å². The predicted molar refractivity (Wildman–Crippen MR) is 104 cm³/mol. The van der Waals surface area contributed by atoms with Crippen molar-refractivity contribution in [2.75, 3.05) is 11.9 Å². The van der Waals surface area contributed by atoms with Crippen LogP contribution in [0, 0.1) is 5.92 Å². The zero-order valence-corrected chi connectivity index (χ0v) is 15.4. The number of rotatable bonds is 6. The van der Waals surface area contributed by atoms with Crippen LogP contribution in [0.25, 0.3) is 0 Å². The van der Waals surface area contributed by atoms with Crippen LogP contribution >= 0.6 is 0 Å². The summed E-state index contributed by atoms with van der Waals surface area (Å²) < 4.78 is 0. The molecule has 2 heterocycles. The summed E-state index contributed by atoms with van der Waals surface area (Å²) >= 11 is 0. The molecule has 2 N–H and O–H groups in total. The topological polar surface area (TPSA) is 86.7 Å². The van der Waals surface area contributed by atoms with E-state index in [1.54, 1.807) is 48.5 Å². The van der Waals surface area contributed by atoms with Crippen LogP contribution in [0.15, 0.2) is 54.6 Å². The van der Waals surface area contributed by atoms with Crippen LogP contribution in [0.4, 0.5) is 5.69 Å². The van der Waals surface area contributed by atoms with Crippen LogP contribution in [0.1, 0.15) is 35.2 Å². The normalized spacial score (nSPS) is 23.5. The number of para-hydroxylation sites is 1. The summed E-state index contributed by atoms with van der Waals surface area (Å²) in [5.41, 5.74) is 1.48. The third-order valence-electron chi connectivity index (χ3n) is 5.81. The fraction of sp³-hybridized carbons (Fsp3) is 0.318. The van der Waals surface area contributed by atoms with E-state index in [0.29, 0.717) is 23.2 Å². The molecule has 2 bridgehead atoms. The molecule has 3 atom stereocenters. The minimum atomic E-state index is -0.781. The molecule has 28 heavy (non-hydrogen) atoms. The van der Waals surface area contributed by atoms with Gasteiger partial charge in [0.15, 0.2) is 5.78 Å². The van der Waals surface area contributed by atoms with E-state index >= 15 is 0 Å². The Morgan fingerprint density at radius 1 is 1.00 bits per heavy atom. The van der Waals surface area contributed by atoms with Gasteiger partial charge >= 0.3 is 5.97 Å². The SMILES string of the molecule is O=C(CN1C2CCC1C(C(=O)O)C2)Nc1ccccc1C(=O)c1ccccc1. The molecular weight excluding hydrogens is 356 g/mol. The first-order valence-electron chi connectivity index (χ1n) is 9.52. The number of carbonyl (C=O) groups excluding carboxylic acids is 2. The van der Waals surface area contributed by atoms with Crippen molar-refractivity contribution in [3.63, 3.8) is 0 Å². The maximum atomic E-state index is 12.8. The Balaban J connectivity index is 1.47. The lowest BCUT2D eigenvalue weighted by Gasteiger charge is -2.22. The molecule has 2 aliphatic rings. The molecular formula is C22H22N2O4. The fourth-order valence-electron chi connectivity index (χ4n) is 4.50. The molecule has 3 unspecified atom stereocenters. The van der Waals surface area contributed by atoms with Crippen molar-refractivity contribution >= 4 is 23.3 Å². The summed E-state index contributed by atoms with van der Waals surface area (Å²) in [6.07, 6.45) is 2.36. The molecule has 4 rings (SSSR count). The lowest BCUT2D eigenvalue weighted by molar-refractivity contribution is -0.142. The van der Waals surface area contributed by atoms with Crippen molar-refractivity contribution in [1.29, 1.82) is 0 Å². The number of carboxylic acids is 1. The Bertz CT molecular complexity index is 912. The van der Waals surface area contributed by atoms with Gasteiger partial charge in [0.25, 0.3) is 0 Å². The first-order valence-corrected chi connectivity index (χ1v) is 9.52. The Morgan fingerprint density at radius 2 is 1.71 bits per heavy atom. The van der Waals surface area contributed by atoms with E-state index in [1.807, 2.05) is 11.0 Å². The van der Waals surface area contributed by atoms with Crippen molar-refractivity contribution in [1.82, 2.24) is 4.90 Å². The second-order valence-corrected chi connectivity index (χ2v) is 7.44. The van der Waals surface area contributed by atoms with Crippen LogP contribution < -0.4 is 5.32 Å². The van der Waals surface area contributed by atoms with Crippen LogP contribution in [-0.2, 0) is 9.59 Å². The maximum absolute atomic E-state index is 12.8. The molecule has 1 amide bonds. The molecule has 2 aromatic carbocycles. The van der Waals surface area contributed by atoms with E-state index < -0.39 is 11.9 Å². The van der Waals surface area contributed by atoms with Gasteiger partial charge < -0.3 is 10.4 Å². The summed E-state index contributed by atoms with van der Waals surface area (Å²) in [7, 11) is 0. The summed E-state index contributed by atoms with van der Waals surface area (Å²) in [6, 6.07) is 16.0. The van der Waals surface area contributed by atoms with E-state index in [1.165, 1.54) is 0 Å². The number of fused-ring (bicyclic) bond motifs is 2. The van der Waals surface area contributed by atoms with Gasteiger partial charge in [0.05, 0.1) is 18.2 Å². The highest BCUT2D eigenvalue weighted by molar-refractivity contribution is 6.13. The van der Waals surface area contributed by atoms with Crippen molar-refractivity contribution in [3.8, 4) is 0 Å². The standard InChI is InChI=1S/C22H22N2O4/c25-20(13-24-15-10-11-19(24)17(12-15)22(27)28)23-18-9-5-4-8-16(18)21(26)14-6-2-1-3-7-14/h1-9,15,17,19H,10-13H2,(H,23,25)(H,27,28). The maximum Gasteiger partial charge on any atom is 0.308 e. The number of carbonyl (C=O) groups is 3. The van der Waals surface area contributed by atoms with Gasteiger partial charge in [0.1, 0.15) is 0 Å². The van der Waals surface area contributed by atoms with Gasteiger partial charge in [-0.15, -0.1) is 0 Å². The number of nitrogens with zero attached hydrogens (tertiary/aromatic N) is 1. The molecule has 0 spiro atoms. The molecule has 6 nitrogen and oxygen atoms in total. The molecule has 6 heteroatoms. The Hall–Kier alpha value is -2.99. The van der Waals surface area contributed by atoms with Crippen molar-refractivity contribution in [3.05, 3.63) is 65.7 Å². The quantitative estimate of drug-likeness (QED) is 0.755. The molecule has 2 fully saturated rings. The monoisotopic (exact) mass is 378 g/mol. The molecule has 2 saturated heterocycles. The summed E-state index contributed by atoms with van der Waals surface area (Å²) in [5.74, 6) is -1.55. The van der Waals surface area contributed by atoms with Crippen LogP contribution in [0.5, 0.6) is 0 Å². The number of hydrogen-bond donors (Lipinski definition) is 2. The predicted octanol–water partition coefficient (Wildman–Crippen LogP) is 2.79. The third-order valence-corrected chi connectivity index (χ3v) is 5.81. The van der Waals surface area contributed by atoms with E-state index in [-0.39, 0.29) is 30.3 Å². The zero-order valence-electron chi connectivity index (χ0n) is 15.4. The average molecular weight is 378 g/mol. The van der Waals surface area contributed by atoms with E-state index in [0.717, 1.165) is 12.8 Å². The van der Waals surface area contributed by atoms with Gasteiger partial charge in [-0.3, -0.25) is 19.3 Å². The summed E-state index contributed by atoms with van der Waals surface area (Å²) in [6.45, 7) is 0.146. The van der Waals surface area contributed by atoms with Crippen LogP contribution in [-0.4, -0.2) is 46.3 Å². The van der Waals surface area contributed by atoms with E-state index in [4.69, 9.17) is 0 Å². The van der Waals surface area contributed by atoms with Gasteiger partial charge in [0.2, 0.25) is 5.91 Å². The lowest BCUT2D eigenvalue weighted by Crippen LogP contribution is -2.38. The van der Waals surface area contributed by atoms with Crippen molar-refractivity contribution < 1.29 is 19.5 Å². The second-order valence-electron chi connectivity index (χ2n) is 7.44. The minimum Gasteiger partial charge on any atom is -0.481 e. The first-order chi connectivity index (χ1) is 13.5. The number of aliphatic carboxylic acids is 1. The molecule has 144 valence electrons. The Morgan fingerprint density at radius 3 is 2.43 bits per heavy atom. The largest absolute Gasteiger partial charge is 0.481 e. The highest BCUT2D eigenvalue weighted by Crippen LogP contribution is 2.41. The summed E-state index contributed by atoms with van der Waals surface area (Å²) in [4.78, 5) is 38.9. The van der Waals surface area contributed by atoms with E-state index in [9.17, 15) is 19.5 Å². The first kappa shape index (κ1) is 18.4. The number of hydrogen-bond acceptors (Lipinski definition) is 4. The number of ketones is 1.